The van der Waals surface area contributed by atoms with Gasteiger partial charge in [0, 0.05) is 25.7 Å². The van der Waals surface area contributed by atoms with Gasteiger partial charge in [-0.1, -0.05) is 49.4 Å². The van der Waals surface area contributed by atoms with E-state index in [9.17, 15) is 9.59 Å². The van der Waals surface area contributed by atoms with Gasteiger partial charge >= 0.3 is 0 Å². The van der Waals surface area contributed by atoms with E-state index in [1.54, 1.807) is 12.1 Å². The van der Waals surface area contributed by atoms with Gasteiger partial charge in [-0.25, -0.2) is 0 Å². The maximum absolute atomic E-state index is 12.8. The molecule has 1 unspecified atom stereocenters. The molecule has 1 aromatic heterocycles. The lowest BCUT2D eigenvalue weighted by atomic mass is 9.97. The third-order valence-electron chi connectivity index (χ3n) is 6.28. The van der Waals surface area contributed by atoms with E-state index in [4.69, 9.17) is 0 Å². The van der Waals surface area contributed by atoms with Crippen molar-refractivity contribution in [3.63, 3.8) is 0 Å². The SMILES string of the molecule is CCc1ccc(-n2nc(N3CCCC(C(=O)NCCCc4ccccc4)C3)ccc2=O)cc1. The Hall–Kier alpha value is -3.41. The lowest BCUT2D eigenvalue weighted by molar-refractivity contribution is -0.125. The van der Waals surface area contributed by atoms with Crippen molar-refractivity contribution >= 4 is 11.7 Å². The van der Waals surface area contributed by atoms with Crippen molar-refractivity contribution in [2.24, 2.45) is 5.92 Å². The number of aromatic nitrogens is 2. The molecule has 1 atom stereocenters. The second kappa shape index (κ2) is 10.9. The molecule has 0 aliphatic carbocycles. The Labute approximate surface area is 195 Å². The van der Waals surface area contributed by atoms with E-state index in [2.05, 4.69) is 34.4 Å². The fourth-order valence-electron chi connectivity index (χ4n) is 4.32. The Kier molecular flexibility index (Phi) is 7.55. The van der Waals surface area contributed by atoms with Crippen LogP contribution < -0.4 is 15.8 Å². The molecule has 0 radical (unpaired) electrons. The molecule has 1 N–H and O–H groups in total. The Bertz CT molecular complexity index is 1110. The standard InChI is InChI=1S/C27H32N4O2/c1-2-21-12-14-24(15-13-21)31-26(32)17-16-25(29-31)30-19-7-11-23(20-30)27(33)28-18-6-10-22-8-4-3-5-9-22/h3-5,8-9,12-17,23H,2,6-7,10-11,18-20H2,1H3,(H,28,33). The smallest absolute Gasteiger partial charge is 0.271 e. The molecule has 1 fully saturated rings. The number of carbonyl (C=O) groups is 1. The van der Waals surface area contributed by atoms with Gasteiger partial charge in [0.05, 0.1) is 11.6 Å². The number of hydrogen-bond donors (Lipinski definition) is 1. The van der Waals surface area contributed by atoms with Gasteiger partial charge in [-0.2, -0.15) is 4.68 Å². The van der Waals surface area contributed by atoms with Crippen molar-refractivity contribution in [3.8, 4) is 5.69 Å². The molecule has 1 aliphatic heterocycles. The maximum atomic E-state index is 12.8. The van der Waals surface area contributed by atoms with Crippen LogP contribution in [0.5, 0.6) is 0 Å². The summed E-state index contributed by atoms with van der Waals surface area (Å²) in [4.78, 5) is 27.3. The normalized spacial score (nSPS) is 15.9. The summed E-state index contributed by atoms with van der Waals surface area (Å²) in [6.45, 7) is 4.23. The summed E-state index contributed by atoms with van der Waals surface area (Å²) in [6.07, 6.45) is 4.64. The van der Waals surface area contributed by atoms with Crippen molar-refractivity contribution in [2.75, 3.05) is 24.5 Å². The Morgan fingerprint density at radius 3 is 2.58 bits per heavy atom. The number of rotatable bonds is 8. The summed E-state index contributed by atoms with van der Waals surface area (Å²) in [5.74, 6) is 0.772. The van der Waals surface area contributed by atoms with Crippen LogP contribution in [0.1, 0.15) is 37.3 Å². The van der Waals surface area contributed by atoms with E-state index in [0.29, 0.717) is 13.1 Å². The average Bonchev–Trinajstić information content (AvgIpc) is 2.87. The fourth-order valence-corrected chi connectivity index (χ4v) is 4.32. The Balaban J connectivity index is 1.36. The summed E-state index contributed by atoms with van der Waals surface area (Å²) in [5, 5.41) is 7.73. The first-order valence-electron chi connectivity index (χ1n) is 11.9. The molecule has 2 aromatic carbocycles. The molecular formula is C27H32N4O2. The number of nitrogens with one attached hydrogen (secondary N) is 1. The minimum atomic E-state index is -0.160. The van der Waals surface area contributed by atoms with Gasteiger partial charge in [0.15, 0.2) is 0 Å². The van der Waals surface area contributed by atoms with Crippen molar-refractivity contribution < 1.29 is 4.79 Å². The minimum Gasteiger partial charge on any atom is -0.356 e. The number of amides is 1. The number of hydrogen-bond acceptors (Lipinski definition) is 4. The summed E-state index contributed by atoms with van der Waals surface area (Å²) in [7, 11) is 0. The van der Waals surface area contributed by atoms with Gasteiger partial charge in [0.1, 0.15) is 5.82 Å². The average molecular weight is 445 g/mol. The number of anilines is 1. The molecule has 4 rings (SSSR count). The molecule has 1 aliphatic rings. The zero-order valence-corrected chi connectivity index (χ0v) is 19.2. The summed E-state index contributed by atoms with van der Waals surface area (Å²) < 4.78 is 1.45. The fraction of sp³-hybridized carbons (Fsp3) is 0.370. The van der Waals surface area contributed by atoms with Gasteiger partial charge in [-0.3, -0.25) is 9.59 Å². The highest BCUT2D eigenvalue weighted by molar-refractivity contribution is 5.79. The van der Waals surface area contributed by atoms with Gasteiger partial charge in [-0.15, -0.1) is 5.10 Å². The number of aryl methyl sites for hydroxylation is 2. The van der Waals surface area contributed by atoms with Crippen LogP contribution in [-0.4, -0.2) is 35.3 Å². The van der Waals surface area contributed by atoms with Gasteiger partial charge < -0.3 is 10.2 Å². The first kappa shape index (κ1) is 22.8. The topological polar surface area (TPSA) is 67.2 Å². The van der Waals surface area contributed by atoms with Gasteiger partial charge in [0.2, 0.25) is 5.91 Å². The van der Waals surface area contributed by atoms with E-state index in [1.165, 1.54) is 15.8 Å². The monoisotopic (exact) mass is 444 g/mol. The first-order valence-corrected chi connectivity index (χ1v) is 11.9. The van der Waals surface area contributed by atoms with E-state index >= 15 is 0 Å². The largest absolute Gasteiger partial charge is 0.356 e. The minimum absolute atomic E-state index is 0.0681. The van der Waals surface area contributed by atoms with Crippen LogP contribution in [0.25, 0.3) is 5.69 Å². The molecule has 0 saturated carbocycles. The highest BCUT2D eigenvalue weighted by atomic mass is 16.2. The molecule has 1 amide bonds. The lowest BCUT2D eigenvalue weighted by Crippen LogP contribution is -2.44. The van der Waals surface area contributed by atoms with Crippen LogP contribution in [0, 0.1) is 5.92 Å². The van der Waals surface area contributed by atoms with Crippen molar-refractivity contribution in [1.82, 2.24) is 15.1 Å². The Morgan fingerprint density at radius 1 is 1.03 bits per heavy atom. The van der Waals surface area contributed by atoms with Crippen LogP contribution in [0.4, 0.5) is 5.82 Å². The first-order chi connectivity index (χ1) is 16.1. The van der Waals surface area contributed by atoms with Gasteiger partial charge in [0.25, 0.3) is 5.56 Å². The quantitative estimate of drug-likeness (QED) is 0.537. The second-order valence-corrected chi connectivity index (χ2v) is 8.63. The number of carbonyl (C=O) groups excluding carboxylic acids is 1. The van der Waals surface area contributed by atoms with Crippen LogP contribution in [0.3, 0.4) is 0 Å². The molecule has 0 spiro atoms. The Morgan fingerprint density at radius 2 is 1.82 bits per heavy atom. The molecule has 6 nitrogen and oxygen atoms in total. The van der Waals surface area contributed by atoms with Gasteiger partial charge in [-0.05, 0) is 61.4 Å². The van der Waals surface area contributed by atoms with E-state index in [1.807, 2.05) is 42.5 Å². The molecule has 3 aromatic rings. The molecule has 33 heavy (non-hydrogen) atoms. The van der Waals surface area contributed by atoms with Crippen LogP contribution >= 0.6 is 0 Å². The molecular weight excluding hydrogens is 412 g/mol. The highest BCUT2D eigenvalue weighted by Gasteiger charge is 2.26. The van der Waals surface area contributed by atoms with Crippen molar-refractivity contribution in [3.05, 3.63) is 88.2 Å². The van der Waals surface area contributed by atoms with Crippen molar-refractivity contribution in [2.45, 2.75) is 39.0 Å². The zero-order chi connectivity index (χ0) is 23.0. The summed E-state index contributed by atoms with van der Waals surface area (Å²) in [5.41, 5.74) is 3.11. The van der Waals surface area contributed by atoms with E-state index in [0.717, 1.165) is 50.2 Å². The van der Waals surface area contributed by atoms with Crippen LogP contribution in [0.15, 0.2) is 71.5 Å². The molecule has 172 valence electrons. The zero-order valence-electron chi connectivity index (χ0n) is 19.2. The maximum Gasteiger partial charge on any atom is 0.271 e. The number of benzene rings is 2. The summed E-state index contributed by atoms with van der Waals surface area (Å²) in [6, 6.07) is 21.6. The molecule has 1 saturated heterocycles. The highest BCUT2D eigenvalue weighted by Crippen LogP contribution is 2.21. The second-order valence-electron chi connectivity index (χ2n) is 8.63. The number of nitrogens with zero attached hydrogens (tertiary/aromatic N) is 3. The third kappa shape index (κ3) is 5.89. The van der Waals surface area contributed by atoms with Crippen LogP contribution in [-0.2, 0) is 17.6 Å². The predicted octanol–water partition coefficient (Wildman–Crippen LogP) is 3.76. The van der Waals surface area contributed by atoms with E-state index < -0.39 is 0 Å². The summed E-state index contributed by atoms with van der Waals surface area (Å²) >= 11 is 0. The van der Waals surface area contributed by atoms with Crippen molar-refractivity contribution in [1.29, 1.82) is 0 Å². The third-order valence-corrected chi connectivity index (χ3v) is 6.28. The lowest BCUT2D eigenvalue weighted by Gasteiger charge is -2.33. The molecule has 2 heterocycles. The van der Waals surface area contributed by atoms with E-state index in [-0.39, 0.29) is 17.4 Å². The number of piperidine rings is 1. The molecule has 6 heteroatoms. The van der Waals surface area contributed by atoms with Crippen LogP contribution in [0.2, 0.25) is 0 Å². The predicted molar refractivity (Wildman–Crippen MR) is 132 cm³/mol. The molecule has 0 bridgehead atoms.